The highest BCUT2D eigenvalue weighted by atomic mass is 16.5. The summed E-state index contributed by atoms with van der Waals surface area (Å²) in [6.45, 7) is 4.22. The molecule has 1 heterocycles. The van der Waals surface area contributed by atoms with Crippen molar-refractivity contribution in [2.24, 2.45) is 0 Å². The van der Waals surface area contributed by atoms with Crippen LogP contribution in [0.15, 0.2) is 48.5 Å². The molecule has 0 aliphatic rings. The van der Waals surface area contributed by atoms with E-state index in [2.05, 4.69) is 4.98 Å². The molecule has 0 saturated heterocycles. The molecule has 2 aromatic carbocycles. The molecule has 3 heteroatoms. The van der Waals surface area contributed by atoms with Crippen LogP contribution < -0.4 is 0 Å². The van der Waals surface area contributed by atoms with Crippen LogP contribution in [0.2, 0.25) is 0 Å². The minimum absolute atomic E-state index is 0.313. The first-order valence-electron chi connectivity index (χ1n) is 7.06. The lowest BCUT2D eigenvalue weighted by Crippen LogP contribution is -2.06. The number of para-hydroxylation sites is 1. The van der Waals surface area contributed by atoms with Crippen molar-refractivity contribution in [1.82, 2.24) is 4.98 Å². The molecule has 0 amide bonds. The maximum absolute atomic E-state index is 12.3. The van der Waals surface area contributed by atoms with Gasteiger partial charge in [-0.2, -0.15) is 0 Å². The molecule has 0 aliphatic carbocycles. The van der Waals surface area contributed by atoms with Gasteiger partial charge in [-0.15, -0.1) is 0 Å². The molecule has 0 spiro atoms. The second kappa shape index (κ2) is 5.44. The summed E-state index contributed by atoms with van der Waals surface area (Å²) in [5.41, 5.74) is 4.57. The zero-order valence-electron chi connectivity index (χ0n) is 12.1. The lowest BCUT2D eigenvalue weighted by molar-refractivity contribution is 0.0521. The number of carbonyl (C=O) groups is 1. The van der Waals surface area contributed by atoms with E-state index >= 15 is 0 Å². The number of nitrogens with one attached hydrogen (secondary N) is 1. The Morgan fingerprint density at radius 3 is 2.57 bits per heavy atom. The quantitative estimate of drug-likeness (QED) is 0.725. The van der Waals surface area contributed by atoms with Crippen molar-refractivity contribution in [3.05, 3.63) is 59.8 Å². The lowest BCUT2D eigenvalue weighted by Gasteiger charge is -2.07. The van der Waals surface area contributed by atoms with Crippen molar-refractivity contribution in [3.63, 3.8) is 0 Å². The first-order valence-corrected chi connectivity index (χ1v) is 7.06. The van der Waals surface area contributed by atoms with E-state index in [1.54, 1.807) is 0 Å². The van der Waals surface area contributed by atoms with Gasteiger partial charge in [0.1, 0.15) is 5.69 Å². The van der Waals surface area contributed by atoms with Crippen molar-refractivity contribution in [3.8, 4) is 11.1 Å². The number of hydrogen-bond donors (Lipinski definition) is 1. The third-order valence-corrected chi connectivity index (χ3v) is 3.60. The summed E-state index contributed by atoms with van der Waals surface area (Å²) < 4.78 is 5.19. The maximum Gasteiger partial charge on any atom is 0.355 e. The fraction of sp³-hybridized carbons (Fsp3) is 0.167. The van der Waals surface area contributed by atoms with Crippen molar-refractivity contribution < 1.29 is 9.53 Å². The molecule has 3 nitrogen and oxygen atoms in total. The smallest absolute Gasteiger partial charge is 0.355 e. The third-order valence-electron chi connectivity index (χ3n) is 3.60. The van der Waals surface area contributed by atoms with E-state index < -0.39 is 0 Å². The predicted octanol–water partition coefficient (Wildman–Crippen LogP) is 4.32. The van der Waals surface area contributed by atoms with E-state index in [0.717, 1.165) is 27.6 Å². The molecule has 3 rings (SSSR count). The van der Waals surface area contributed by atoms with Crippen LogP contribution in [0.3, 0.4) is 0 Å². The molecule has 106 valence electrons. The van der Waals surface area contributed by atoms with Crippen LogP contribution in [0.5, 0.6) is 0 Å². The van der Waals surface area contributed by atoms with Gasteiger partial charge in [-0.25, -0.2) is 4.79 Å². The molecule has 0 bridgehead atoms. The number of fused-ring (bicyclic) bond motifs is 1. The van der Waals surface area contributed by atoms with E-state index in [1.165, 1.54) is 0 Å². The minimum Gasteiger partial charge on any atom is -0.461 e. The average molecular weight is 279 g/mol. The topological polar surface area (TPSA) is 42.1 Å². The number of hydrogen-bond acceptors (Lipinski definition) is 2. The molecule has 0 saturated carbocycles. The molecule has 0 aliphatic heterocycles. The van der Waals surface area contributed by atoms with Crippen LogP contribution in [-0.2, 0) is 4.74 Å². The molecule has 0 radical (unpaired) electrons. The summed E-state index contributed by atoms with van der Waals surface area (Å²) in [6, 6.07) is 16.0. The second-order valence-electron chi connectivity index (χ2n) is 4.96. The number of ether oxygens (including phenoxy) is 1. The monoisotopic (exact) mass is 279 g/mol. The summed E-state index contributed by atoms with van der Waals surface area (Å²) in [5.74, 6) is -0.313. The van der Waals surface area contributed by atoms with Gasteiger partial charge in [0.2, 0.25) is 0 Å². The molecule has 1 aromatic heterocycles. The van der Waals surface area contributed by atoms with E-state index in [0.29, 0.717) is 12.3 Å². The number of H-pyrrole nitrogens is 1. The van der Waals surface area contributed by atoms with Gasteiger partial charge in [-0.1, -0.05) is 42.5 Å². The Balaban J connectivity index is 2.31. The Bertz CT molecular complexity index is 802. The highest BCUT2D eigenvalue weighted by Crippen LogP contribution is 2.34. The molecular weight excluding hydrogens is 262 g/mol. The summed E-state index contributed by atoms with van der Waals surface area (Å²) in [5, 5.41) is 1.04. The SMILES string of the molecule is CCOC(=O)c1[nH]c2ccccc2c1-c1ccccc1C. The van der Waals surface area contributed by atoms with E-state index in [9.17, 15) is 4.79 Å². The fourth-order valence-corrected chi connectivity index (χ4v) is 2.63. The lowest BCUT2D eigenvalue weighted by atomic mass is 9.97. The molecule has 0 atom stereocenters. The number of carbonyl (C=O) groups excluding carboxylic acids is 1. The van der Waals surface area contributed by atoms with Gasteiger partial charge in [0.15, 0.2) is 0 Å². The van der Waals surface area contributed by atoms with Crippen LogP contribution in [0.1, 0.15) is 23.0 Å². The Morgan fingerprint density at radius 1 is 1.10 bits per heavy atom. The van der Waals surface area contributed by atoms with Crippen molar-refractivity contribution in [2.75, 3.05) is 6.61 Å². The Labute approximate surface area is 123 Å². The molecule has 0 unspecified atom stereocenters. The maximum atomic E-state index is 12.3. The van der Waals surface area contributed by atoms with Gasteiger partial charge in [0.05, 0.1) is 6.61 Å². The molecule has 0 fully saturated rings. The Morgan fingerprint density at radius 2 is 1.81 bits per heavy atom. The molecule has 21 heavy (non-hydrogen) atoms. The van der Waals surface area contributed by atoms with Gasteiger partial charge < -0.3 is 9.72 Å². The van der Waals surface area contributed by atoms with E-state index in [1.807, 2.05) is 62.4 Å². The summed E-state index contributed by atoms with van der Waals surface area (Å²) in [6.07, 6.45) is 0. The Kier molecular flexibility index (Phi) is 3.48. The minimum atomic E-state index is -0.313. The number of aryl methyl sites for hydroxylation is 1. The van der Waals surface area contributed by atoms with E-state index in [4.69, 9.17) is 4.74 Å². The highest BCUT2D eigenvalue weighted by molar-refractivity contribution is 6.08. The molecular formula is C18H17NO2. The first kappa shape index (κ1) is 13.4. The number of benzene rings is 2. The number of aromatic amines is 1. The van der Waals surface area contributed by atoms with Crippen LogP contribution in [0.25, 0.3) is 22.0 Å². The van der Waals surface area contributed by atoms with Crippen molar-refractivity contribution in [2.45, 2.75) is 13.8 Å². The van der Waals surface area contributed by atoms with Crippen molar-refractivity contribution in [1.29, 1.82) is 0 Å². The normalized spacial score (nSPS) is 10.8. The van der Waals surface area contributed by atoms with Gasteiger partial charge >= 0.3 is 5.97 Å². The van der Waals surface area contributed by atoms with Gasteiger partial charge in [-0.3, -0.25) is 0 Å². The van der Waals surface area contributed by atoms with Gasteiger partial charge in [0.25, 0.3) is 0 Å². The predicted molar refractivity (Wildman–Crippen MR) is 84.4 cm³/mol. The van der Waals surface area contributed by atoms with Crippen LogP contribution in [0.4, 0.5) is 0 Å². The fourth-order valence-electron chi connectivity index (χ4n) is 2.63. The third kappa shape index (κ3) is 2.31. The van der Waals surface area contributed by atoms with Crippen LogP contribution in [0, 0.1) is 6.92 Å². The number of aromatic nitrogens is 1. The standard InChI is InChI=1S/C18H17NO2/c1-3-21-18(20)17-16(13-9-5-4-8-12(13)2)14-10-6-7-11-15(14)19-17/h4-11,19H,3H2,1-2H3. The zero-order chi connectivity index (χ0) is 14.8. The van der Waals surface area contributed by atoms with E-state index in [-0.39, 0.29) is 5.97 Å². The average Bonchev–Trinajstić information content (AvgIpc) is 2.87. The highest BCUT2D eigenvalue weighted by Gasteiger charge is 2.20. The summed E-state index contributed by atoms with van der Waals surface area (Å²) >= 11 is 0. The van der Waals surface area contributed by atoms with Crippen LogP contribution >= 0.6 is 0 Å². The summed E-state index contributed by atoms with van der Waals surface area (Å²) in [7, 11) is 0. The Hall–Kier alpha value is -2.55. The molecule has 3 aromatic rings. The van der Waals surface area contributed by atoms with Gasteiger partial charge in [-0.05, 0) is 31.0 Å². The van der Waals surface area contributed by atoms with Crippen molar-refractivity contribution >= 4 is 16.9 Å². The first-order chi connectivity index (χ1) is 10.2. The second-order valence-corrected chi connectivity index (χ2v) is 4.96. The van der Waals surface area contributed by atoms with Crippen LogP contribution in [-0.4, -0.2) is 17.6 Å². The molecule has 1 N–H and O–H groups in total. The largest absolute Gasteiger partial charge is 0.461 e. The summed E-state index contributed by atoms with van der Waals surface area (Å²) in [4.78, 5) is 15.5. The van der Waals surface area contributed by atoms with Gasteiger partial charge in [0, 0.05) is 16.5 Å². The number of rotatable bonds is 3. The number of esters is 1. The zero-order valence-corrected chi connectivity index (χ0v) is 12.1.